The first kappa shape index (κ1) is 13.8. The van der Waals surface area contributed by atoms with Crippen LogP contribution in [0, 0.1) is 6.92 Å². The van der Waals surface area contributed by atoms with Crippen LogP contribution in [0.25, 0.3) is 0 Å². The average Bonchev–Trinajstić information content (AvgIpc) is 2.40. The highest BCUT2D eigenvalue weighted by atomic mass is 35.5. The van der Waals surface area contributed by atoms with Gasteiger partial charge in [0, 0.05) is 12.7 Å². The van der Waals surface area contributed by atoms with E-state index in [4.69, 9.17) is 23.2 Å². The van der Waals surface area contributed by atoms with E-state index in [0.29, 0.717) is 12.1 Å². The lowest BCUT2D eigenvalue weighted by Gasteiger charge is -2.08. The first-order valence-corrected chi connectivity index (χ1v) is 6.47. The highest BCUT2D eigenvalue weighted by Gasteiger charge is 2.09. The normalized spacial score (nSPS) is 10.3. The van der Waals surface area contributed by atoms with Crippen molar-refractivity contribution in [2.75, 3.05) is 0 Å². The number of amides is 1. The largest absolute Gasteiger partial charge is 0.348 e. The van der Waals surface area contributed by atoms with E-state index in [0.717, 1.165) is 11.1 Å². The smallest absolute Gasteiger partial charge is 0.253 e. The van der Waals surface area contributed by atoms with Crippen LogP contribution >= 0.6 is 23.2 Å². The number of aromatic nitrogens is 1. The van der Waals surface area contributed by atoms with E-state index in [2.05, 4.69) is 10.3 Å². The fraction of sp³-hybridized carbons (Fsp3) is 0.143. The van der Waals surface area contributed by atoms with E-state index in [1.165, 1.54) is 12.3 Å². The fourth-order valence-electron chi connectivity index (χ4n) is 1.63. The third kappa shape index (κ3) is 3.46. The molecule has 0 atom stereocenters. The zero-order chi connectivity index (χ0) is 13.8. The highest BCUT2D eigenvalue weighted by Crippen LogP contribution is 2.19. The van der Waals surface area contributed by atoms with Crippen molar-refractivity contribution in [3.8, 4) is 0 Å². The molecule has 0 aliphatic heterocycles. The van der Waals surface area contributed by atoms with E-state index >= 15 is 0 Å². The molecule has 0 aliphatic rings. The molecular formula is C14H12Cl2N2O. The minimum atomic E-state index is -0.227. The Morgan fingerprint density at radius 3 is 2.74 bits per heavy atom. The lowest BCUT2D eigenvalue weighted by Crippen LogP contribution is -2.23. The molecule has 1 aromatic heterocycles. The van der Waals surface area contributed by atoms with Gasteiger partial charge in [-0.2, -0.15) is 0 Å². The Labute approximate surface area is 121 Å². The van der Waals surface area contributed by atoms with Gasteiger partial charge in [0.1, 0.15) is 5.15 Å². The quantitative estimate of drug-likeness (QED) is 0.879. The number of hydrogen-bond acceptors (Lipinski definition) is 2. The summed E-state index contributed by atoms with van der Waals surface area (Å²) in [6.07, 6.45) is 1.40. The van der Waals surface area contributed by atoms with Gasteiger partial charge in [0.15, 0.2) is 0 Å². The van der Waals surface area contributed by atoms with E-state index in [1.807, 2.05) is 31.2 Å². The number of hydrogen-bond donors (Lipinski definition) is 1. The summed E-state index contributed by atoms with van der Waals surface area (Å²) >= 11 is 11.5. The molecule has 0 bridgehead atoms. The second-order valence-electron chi connectivity index (χ2n) is 4.11. The molecule has 19 heavy (non-hydrogen) atoms. The number of nitrogens with zero attached hydrogens (tertiary/aromatic N) is 1. The molecule has 0 fully saturated rings. The highest BCUT2D eigenvalue weighted by molar-refractivity contribution is 6.41. The van der Waals surface area contributed by atoms with Gasteiger partial charge in [-0.05, 0) is 24.1 Å². The van der Waals surface area contributed by atoms with Crippen molar-refractivity contribution < 1.29 is 4.79 Å². The molecule has 1 aromatic carbocycles. The Bertz CT molecular complexity index is 614. The predicted molar refractivity (Wildman–Crippen MR) is 76.6 cm³/mol. The number of pyridine rings is 1. The van der Waals surface area contributed by atoms with Crippen LogP contribution < -0.4 is 5.32 Å². The van der Waals surface area contributed by atoms with Gasteiger partial charge in [0.25, 0.3) is 5.91 Å². The van der Waals surface area contributed by atoms with Crippen LogP contribution in [0.2, 0.25) is 10.2 Å². The number of carbonyl (C=O) groups is 1. The van der Waals surface area contributed by atoms with Crippen molar-refractivity contribution in [3.63, 3.8) is 0 Å². The standard InChI is InChI=1S/C14H12Cl2N2O/c1-9-4-2-3-5-10(9)7-18-14(19)11-6-12(15)13(16)17-8-11/h2-6,8H,7H2,1H3,(H,18,19). The maximum absolute atomic E-state index is 11.9. The van der Waals surface area contributed by atoms with Crippen molar-refractivity contribution in [3.05, 3.63) is 63.4 Å². The van der Waals surface area contributed by atoms with E-state index in [1.54, 1.807) is 0 Å². The molecule has 1 N–H and O–H groups in total. The zero-order valence-electron chi connectivity index (χ0n) is 10.3. The molecule has 2 aromatic rings. The molecule has 2 rings (SSSR count). The van der Waals surface area contributed by atoms with Crippen LogP contribution in [0.5, 0.6) is 0 Å². The zero-order valence-corrected chi connectivity index (χ0v) is 11.8. The van der Waals surface area contributed by atoms with Crippen LogP contribution in [0.1, 0.15) is 21.5 Å². The van der Waals surface area contributed by atoms with Gasteiger partial charge >= 0.3 is 0 Å². The molecule has 3 nitrogen and oxygen atoms in total. The SMILES string of the molecule is Cc1ccccc1CNC(=O)c1cnc(Cl)c(Cl)c1. The minimum absolute atomic E-state index is 0.192. The van der Waals surface area contributed by atoms with Gasteiger partial charge in [-0.15, -0.1) is 0 Å². The molecule has 0 saturated heterocycles. The number of rotatable bonds is 3. The van der Waals surface area contributed by atoms with Crippen LogP contribution in [0.4, 0.5) is 0 Å². The Kier molecular flexibility index (Phi) is 4.40. The maximum atomic E-state index is 11.9. The second kappa shape index (κ2) is 6.04. The summed E-state index contributed by atoms with van der Waals surface area (Å²) < 4.78 is 0. The van der Waals surface area contributed by atoms with Gasteiger partial charge in [-0.25, -0.2) is 4.98 Å². The molecular weight excluding hydrogens is 283 g/mol. The molecule has 5 heteroatoms. The first-order valence-electron chi connectivity index (χ1n) is 5.71. The van der Waals surface area contributed by atoms with Crippen LogP contribution in [-0.4, -0.2) is 10.9 Å². The summed E-state index contributed by atoms with van der Waals surface area (Å²) in [5, 5.41) is 3.28. The number of halogens is 2. The summed E-state index contributed by atoms with van der Waals surface area (Å²) in [6.45, 7) is 2.47. The third-order valence-electron chi connectivity index (χ3n) is 2.76. The average molecular weight is 295 g/mol. The van der Waals surface area contributed by atoms with Gasteiger partial charge < -0.3 is 5.32 Å². The predicted octanol–water partition coefficient (Wildman–Crippen LogP) is 3.63. The number of carbonyl (C=O) groups excluding carboxylic acids is 1. The van der Waals surface area contributed by atoms with Crippen molar-refractivity contribution >= 4 is 29.1 Å². The molecule has 0 aliphatic carbocycles. The number of nitrogens with one attached hydrogen (secondary N) is 1. The van der Waals surface area contributed by atoms with Crippen molar-refractivity contribution in [2.45, 2.75) is 13.5 Å². The van der Waals surface area contributed by atoms with E-state index in [-0.39, 0.29) is 16.1 Å². The van der Waals surface area contributed by atoms with Gasteiger partial charge in [-0.3, -0.25) is 4.79 Å². The first-order chi connectivity index (χ1) is 9.08. The second-order valence-corrected chi connectivity index (χ2v) is 4.87. The van der Waals surface area contributed by atoms with E-state index in [9.17, 15) is 4.79 Å². The molecule has 0 spiro atoms. The van der Waals surface area contributed by atoms with Crippen LogP contribution in [0.3, 0.4) is 0 Å². The Morgan fingerprint density at radius 2 is 2.05 bits per heavy atom. The fourth-order valence-corrected chi connectivity index (χ4v) is 1.90. The summed E-state index contributed by atoms with van der Waals surface area (Å²) in [6, 6.07) is 9.38. The van der Waals surface area contributed by atoms with Crippen molar-refractivity contribution in [2.24, 2.45) is 0 Å². The Morgan fingerprint density at radius 1 is 1.32 bits per heavy atom. The van der Waals surface area contributed by atoms with Crippen LogP contribution in [-0.2, 0) is 6.54 Å². The monoisotopic (exact) mass is 294 g/mol. The molecule has 1 heterocycles. The molecule has 0 saturated carbocycles. The minimum Gasteiger partial charge on any atom is -0.348 e. The summed E-state index contributed by atoms with van der Waals surface area (Å²) in [4.78, 5) is 15.8. The maximum Gasteiger partial charge on any atom is 0.253 e. The summed E-state index contributed by atoms with van der Waals surface area (Å²) in [7, 11) is 0. The van der Waals surface area contributed by atoms with E-state index < -0.39 is 0 Å². The Hall–Kier alpha value is -1.58. The Balaban J connectivity index is 2.05. The number of aryl methyl sites for hydroxylation is 1. The third-order valence-corrected chi connectivity index (χ3v) is 3.45. The van der Waals surface area contributed by atoms with Gasteiger partial charge in [0.05, 0.1) is 10.6 Å². The summed E-state index contributed by atoms with van der Waals surface area (Å²) in [5.74, 6) is -0.227. The van der Waals surface area contributed by atoms with Gasteiger partial charge in [0.2, 0.25) is 0 Å². The van der Waals surface area contributed by atoms with Crippen LogP contribution in [0.15, 0.2) is 36.5 Å². The number of benzene rings is 1. The molecule has 0 unspecified atom stereocenters. The molecule has 0 radical (unpaired) electrons. The van der Waals surface area contributed by atoms with Crippen molar-refractivity contribution in [1.82, 2.24) is 10.3 Å². The van der Waals surface area contributed by atoms with Crippen molar-refractivity contribution in [1.29, 1.82) is 0 Å². The topological polar surface area (TPSA) is 42.0 Å². The lowest BCUT2D eigenvalue weighted by atomic mass is 10.1. The van der Waals surface area contributed by atoms with Gasteiger partial charge in [-0.1, -0.05) is 47.5 Å². The molecule has 98 valence electrons. The molecule has 1 amide bonds. The summed E-state index contributed by atoms with van der Waals surface area (Å²) in [5.41, 5.74) is 2.60. The lowest BCUT2D eigenvalue weighted by molar-refractivity contribution is 0.0950.